The molecular formula is C20H18N4O4S. The molecule has 1 aliphatic heterocycles. The van der Waals surface area contributed by atoms with Crippen LogP contribution in [0, 0.1) is 10.1 Å². The Bertz CT molecular complexity index is 1020. The number of hydrogen-bond acceptors (Lipinski definition) is 6. The lowest BCUT2D eigenvalue weighted by Gasteiger charge is -2.25. The lowest BCUT2D eigenvalue weighted by atomic mass is 10.0. The molecule has 1 fully saturated rings. The van der Waals surface area contributed by atoms with Crippen LogP contribution in [0.25, 0.3) is 11.3 Å². The van der Waals surface area contributed by atoms with Gasteiger partial charge in [0.25, 0.3) is 5.69 Å². The highest BCUT2D eigenvalue weighted by Crippen LogP contribution is 2.40. The molecule has 0 saturated carbocycles. The summed E-state index contributed by atoms with van der Waals surface area (Å²) in [5, 5.41) is 24.1. The van der Waals surface area contributed by atoms with Gasteiger partial charge in [-0.05, 0) is 48.6 Å². The molecule has 29 heavy (non-hydrogen) atoms. The van der Waals surface area contributed by atoms with Gasteiger partial charge in [-0.1, -0.05) is 6.07 Å². The molecule has 1 saturated heterocycles. The normalized spacial score (nSPS) is 18.7. The number of aromatic nitrogens is 1. The third kappa shape index (κ3) is 3.69. The van der Waals surface area contributed by atoms with Gasteiger partial charge >= 0.3 is 0 Å². The SMILES string of the molecule is O=[N+]([O-])c1ccc(-c2ccc([C@H]3[C@H](c4ccccn4)NC(=S)N3CCO)o2)cc1. The number of nitro groups is 1. The van der Waals surface area contributed by atoms with Crippen molar-refractivity contribution in [2.24, 2.45) is 0 Å². The molecule has 1 aliphatic rings. The van der Waals surface area contributed by atoms with Crippen LogP contribution in [-0.4, -0.2) is 38.2 Å². The van der Waals surface area contributed by atoms with Crippen molar-refractivity contribution in [3.8, 4) is 11.3 Å². The Balaban J connectivity index is 1.68. The summed E-state index contributed by atoms with van der Waals surface area (Å²) in [4.78, 5) is 16.7. The maximum Gasteiger partial charge on any atom is 0.269 e. The second-order valence-electron chi connectivity index (χ2n) is 6.55. The standard InChI is InChI=1S/C20H18N4O4S/c25-12-11-23-19(18(22-20(23)29)15-3-1-2-10-21-15)17-9-8-16(28-17)13-4-6-14(7-5-13)24(26)27/h1-10,18-19,25H,11-12H2,(H,22,29)/t18-,19-/m0/s1. The van der Waals surface area contributed by atoms with E-state index in [9.17, 15) is 15.2 Å². The van der Waals surface area contributed by atoms with Crippen molar-refractivity contribution in [2.45, 2.75) is 12.1 Å². The number of non-ortho nitro benzene ring substituents is 1. The number of aliphatic hydroxyl groups is 1. The van der Waals surface area contributed by atoms with Gasteiger partial charge in [0.15, 0.2) is 5.11 Å². The van der Waals surface area contributed by atoms with Gasteiger partial charge in [0.1, 0.15) is 17.6 Å². The molecule has 148 valence electrons. The fraction of sp³-hybridized carbons (Fsp3) is 0.200. The van der Waals surface area contributed by atoms with E-state index in [4.69, 9.17) is 16.6 Å². The minimum absolute atomic E-state index is 0.0233. The summed E-state index contributed by atoms with van der Waals surface area (Å²) < 4.78 is 6.11. The molecule has 2 aromatic heterocycles. The number of rotatable bonds is 6. The first kappa shape index (κ1) is 19.0. The first-order chi connectivity index (χ1) is 14.1. The van der Waals surface area contributed by atoms with E-state index in [0.717, 1.165) is 11.3 Å². The Morgan fingerprint density at radius 1 is 1.21 bits per heavy atom. The summed E-state index contributed by atoms with van der Waals surface area (Å²) in [6.45, 7) is 0.302. The van der Waals surface area contributed by atoms with Gasteiger partial charge in [-0.3, -0.25) is 15.1 Å². The molecule has 0 bridgehead atoms. The Kier molecular flexibility index (Phi) is 5.24. The fourth-order valence-electron chi connectivity index (χ4n) is 3.48. The van der Waals surface area contributed by atoms with Crippen molar-refractivity contribution >= 4 is 23.0 Å². The molecule has 9 heteroatoms. The van der Waals surface area contributed by atoms with Gasteiger partial charge in [-0.25, -0.2) is 0 Å². The molecule has 3 heterocycles. The van der Waals surface area contributed by atoms with Crippen LogP contribution >= 0.6 is 12.2 Å². The van der Waals surface area contributed by atoms with Crippen molar-refractivity contribution in [2.75, 3.05) is 13.2 Å². The summed E-state index contributed by atoms with van der Waals surface area (Å²) >= 11 is 5.47. The van der Waals surface area contributed by atoms with E-state index in [1.54, 1.807) is 18.3 Å². The number of hydrogen-bond donors (Lipinski definition) is 2. The van der Waals surface area contributed by atoms with E-state index in [0.29, 0.717) is 23.2 Å². The molecule has 2 atom stereocenters. The molecule has 8 nitrogen and oxygen atoms in total. The molecule has 1 aromatic carbocycles. The van der Waals surface area contributed by atoms with Crippen LogP contribution in [0.5, 0.6) is 0 Å². The van der Waals surface area contributed by atoms with Crippen molar-refractivity contribution in [1.82, 2.24) is 15.2 Å². The highest BCUT2D eigenvalue weighted by Gasteiger charge is 2.41. The van der Waals surface area contributed by atoms with Crippen molar-refractivity contribution in [3.05, 3.63) is 82.4 Å². The second kappa shape index (κ2) is 7.98. The molecule has 0 unspecified atom stereocenters. The maximum atomic E-state index is 10.9. The Labute approximate surface area is 171 Å². The molecule has 4 rings (SSSR count). The van der Waals surface area contributed by atoms with Gasteiger partial charge in [0.05, 0.1) is 23.3 Å². The van der Waals surface area contributed by atoms with Gasteiger partial charge in [-0.2, -0.15) is 0 Å². The predicted octanol–water partition coefficient (Wildman–Crippen LogP) is 3.21. The number of furan rings is 1. The van der Waals surface area contributed by atoms with Crippen LogP contribution in [0.2, 0.25) is 0 Å². The van der Waals surface area contributed by atoms with Crippen molar-refractivity contribution in [1.29, 1.82) is 0 Å². The fourth-order valence-corrected chi connectivity index (χ4v) is 3.81. The first-order valence-electron chi connectivity index (χ1n) is 9.02. The first-order valence-corrected chi connectivity index (χ1v) is 9.43. The largest absolute Gasteiger partial charge is 0.459 e. The average Bonchev–Trinajstić information content (AvgIpc) is 3.34. The number of β-amino-alcohol motifs (C(OH)–C–C–N with tert-alkyl or cyclic N) is 1. The van der Waals surface area contributed by atoms with Gasteiger partial charge in [0.2, 0.25) is 0 Å². The number of aliphatic hydroxyl groups excluding tert-OH is 1. The Hall–Kier alpha value is -3.30. The summed E-state index contributed by atoms with van der Waals surface area (Å²) in [5.74, 6) is 1.26. The smallest absolute Gasteiger partial charge is 0.269 e. The highest BCUT2D eigenvalue weighted by molar-refractivity contribution is 7.80. The van der Waals surface area contributed by atoms with E-state index < -0.39 is 4.92 Å². The number of nitrogens with zero attached hydrogens (tertiary/aromatic N) is 3. The van der Waals surface area contributed by atoms with Crippen LogP contribution in [0.15, 0.2) is 65.2 Å². The van der Waals surface area contributed by atoms with E-state index in [1.807, 2.05) is 35.2 Å². The molecule has 0 amide bonds. The third-order valence-corrected chi connectivity index (χ3v) is 5.17. The number of nitro benzene ring substituents is 1. The lowest BCUT2D eigenvalue weighted by molar-refractivity contribution is -0.384. The number of thiocarbonyl (C=S) groups is 1. The monoisotopic (exact) mass is 410 g/mol. The molecule has 0 radical (unpaired) electrons. The van der Waals surface area contributed by atoms with E-state index in [2.05, 4.69) is 10.3 Å². The maximum absolute atomic E-state index is 10.9. The third-order valence-electron chi connectivity index (χ3n) is 4.82. The molecule has 0 spiro atoms. The van der Waals surface area contributed by atoms with E-state index in [1.165, 1.54) is 12.1 Å². The van der Waals surface area contributed by atoms with Crippen LogP contribution in [-0.2, 0) is 0 Å². The number of benzene rings is 1. The highest BCUT2D eigenvalue weighted by atomic mass is 32.1. The van der Waals surface area contributed by atoms with Gasteiger partial charge < -0.3 is 19.7 Å². The topological polar surface area (TPSA) is 105 Å². The molecular weight excluding hydrogens is 392 g/mol. The Morgan fingerprint density at radius 2 is 2.00 bits per heavy atom. The zero-order valence-electron chi connectivity index (χ0n) is 15.3. The molecule has 0 aliphatic carbocycles. The van der Waals surface area contributed by atoms with Crippen LogP contribution < -0.4 is 5.32 Å². The summed E-state index contributed by atoms with van der Waals surface area (Å²) in [7, 11) is 0. The average molecular weight is 410 g/mol. The predicted molar refractivity (Wildman–Crippen MR) is 110 cm³/mol. The van der Waals surface area contributed by atoms with Crippen LogP contribution in [0.3, 0.4) is 0 Å². The summed E-state index contributed by atoms with van der Waals surface area (Å²) in [5.41, 5.74) is 1.57. The summed E-state index contributed by atoms with van der Waals surface area (Å²) in [6, 6.07) is 15.0. The van der Waals surface area contributed by atoms with Crippen LogP contribution in [0.4, 0.5) is 5.69 Å². The lowest BCUT2D eigenvalue weighted by Crippen LogP contribution is -2.32. The van der Waals surface area contributed by atoms with Gasteiger partial charge in [-0.15, -0.1) is 0 Å². The van der Waals surface area contributed by atoms with Crippen molar-refractivity contribution < 1.29 is 14.4 Å². The summed E-state index contributed by atoms with van der Waals surface area (Å²) in [6.07, 6.45) is 1.72. The van der Waals surface area contributed by atoms with Crippen molar-refractivity contribution in [3.63, 3.8) is 0 Å². The minimum Gasteiger partial charge on any atom is -0.459 e. The minimum atomic E-state index is -0.438. The molecule has 3 aromatic rings. The zero-order valence-corrected chi connectivity index (χ0v) is 16.1. The number of pyridine rings is 1. The van der Waals surface area contributed by atoms with Gasteiger partial charge in [0, 0.05) is 30.4 Å². The quantitative estimate of drug-likeness (QED) is 0.363. The zero-order chi connectivity index (χ0) is 20.4. The number of nitrogens with one attached hydrogen (secondary N) is 1. The molecule has 2 N–H and O–H groups in total. The van der Waals surface area contributed by atoms with Crippen LogP contribution in [0.1, 0.15) is 23.5 Å². The second-order valence-corrected chi connectivity index (χ2v) is 6.94. The van der Waals surface area contributed by atoms with E-state index in [-0.39, 0.29) is 24.4 Å². The van der Waals surface area contributed by atoms with E-state index >= 15 is 0 Å². The Morgan fingerprint density at radius 3 is 2.66 bits per heavy atom.